The fourth-order valence-corrected chi connectivity index (χ4v) is 2.22. The van der Waals surface area contributed by atoms with Crippen LogP contribution in [0, 0.1) is 0 Å². The Kier molecular flexibility index (Phi) is 3.32. The van der Waals surface area contributed by atoms with Crippen LogP contribution in [0.5, 0.6) is 0 Å². The highest BCUT2D eigenvalue weighted by Gasteiger charge is 2.41. The Balaban J connectivity index is 2.35. The smallest absolute Gasteiger partial charge is 0.364 e. The molecule has 1 aromatic rings. The van der Waals surface area contributed by atoms with E-state index in [1.54, 1.807) is 0 Å². The van der Waals surface area contributed by atoms with Gasteiger partial charge in [0, 0.05) is 19.0 Å². The van der Waals surface area contributed by atoms with Crippen molar-refractivity contribution in [3.63, 3.8) is 0 Å². The van der Waals surface area contributed by atoms with Gasteiger partial charge in [-0.2, -0.15) is 13.2 Å². The van der Waals surface area contributed by atoms with Gasteiger partial charge in [-0.15, -0.1) is 0 Å². The van der Waals surface area contributed by atoms with Gasteiger partial charge in [-0.05, 0) is 12.8 Å². The van der Waals surface area contributed by atoms with Gasteiger partial charge in [0.1, 0.15) is 6.26 Å². The molecule has 2 rings (SSSR count). The van der Waals surface area contributed by atoms with Crippen molar-refractivity contribution in [1.29, 1.82) is 0 Å². The molecule has 0 N–H and O–H groups in total. The maximum absolute atomic E-state index is 12.7. The predicted molar refractivity (Wildman–Crippen MR) is 55.5 cm³/mol. The summed E-state index contributed by atoms with van der Waals surface area (Å²) in [6.45, 7) is 0. The largest absolute Gasteiger partial charge is 0.437 e. The van der Waals surface area contributed by atoms with Crippen LogP contribution in [0.3, 0.4) is 0 Å². The third-order valence-corrected chi connectivity index (χ3v) is 3.20. The van der Waals surface area contributed by atoms with Gasteiger partial charge in [0.2, 0.25) is 5.91 Å². The number of carbonyl (C=O) groups is 1. The number of rotatable bonds is 1. The molecule has 1 aliphatic heterocycles. The van der Waals surface area contributed by atoms with E-state index in [0.29, 0.717) is 25.7 Å². The van der Waals surface area contributed by atoms with Gasteiger partial charge < -0.3 is 9.42 Å². The van der Waals surface area contributed by atoms with E-state index in [9.17, 15) is 18.0 Å². The first-order valence-electron chi connectivity index (χ1n) is 5.68. The zero-order valence-corrected chi connectivity index (χ0v) is 9.83. The molecule has 1 saturated heterocycles. The molecular weight excluding hydrogens is 249 g/mol. The Morgan fingerprint density at radius 1 is 1.44 bits per heavy atom. The summed E-state index contributed by atoms with van der Waals surface area (Å²) < 4.78 is 42.7. The Labute approximate surface area is 102 Å². The predicted octanol–water partition coefficient (Wildman–Crippen LogP) is 2.77. The van der Waals surface area contributed by atoms with Gasteiger partial charge in [-0.25, -0.2) is 0 Å². The summed E-state index contributed by atoms with van der Waals surface area (Å²) in [5.74, 6) is -0.146. The molecule has 0 saturated carbocycles. The minimum Gasteiger partial charge on any atom is -0.364 e. The van der Waals surface area contributed by atoms with E-state index in [1.165, 1.54) is 11.9 Å². The second-order valence-corrected chi connectivity index (χ2v) is 4.38. The van der Waals surface area contributed by atoms with Crippen molar-refractivity contribution >= 4 is 5.91 Å². The van der Waals surface area contributed by atoms with Crippen LogP contribution in [0.2, 0.25) is 0 Å². The quantitative estimate of drug-likeness (QED) is 0.781. The summed E-state index contributed by atoms with van der Waals surface area (Å²) in [4.78, 5) is 13.0. The van der Waals surface area contributed by atoms with Crippen LogP contribution in [0.4, 0.5) is 13.2 Å². The Hall–Kier alpha value is -1.53. The van der Waals surface area contributed by atoms with Crippen molar-refractivity contribution in [2.24, 2.45) is 0 Å². The zero-order valence-electron chi connectivity index (χ0n) is 9.83. The fourth-order valence-electron chi connectivity index (χ4n) is 2.22. The molecule has 1 aliphatic rings. The molecule has 0 spiro atoms. The zero-order chi connectivity index (χ0) is 13.3. The summed E-state index contributed by atoms with van der Waals surface area (Å²) in [5, 5.41) is 3.01. The lowest BCUT2D eigenvalue weighted by Gasteiger charge is -2.25. The average molecular weight is 262 g/mol. The van der Waals surface area contributed by atoms with Crippen molar-refractivity contribution < 1.29 is 22.5 Å². The lowest BCUT2D eigenvalue weighted by molar-refractivity contribution is -0.144. The molecule has 1 atom stereocenters. The SMILES string of the molecule is CN1C(=O)CCCCC1c1conc1C(F)(F)F. The first-order chi connectivity index (χ1) is 8.41. The highest BCUT2D eigenvalue weighted by Crippen LogP contribution is 2.38. The van der Waals surface area contributed by atoms with Gasteiger partial charge in [0.05, 0.1) is 6.04 Å². The maximum Gasteiger partial charge on any atom is 0.437 e. The maximum atomic E-state index is 12.7. The third-order valence-electron chi connectivity index (χ3n) is 3.20. The van der Waals surface area contributed by atoms with Gasteiger partial charge >= 0.3 is 6.18 Å². The summed E-state index contributed by atoms with van der Waals surface area (Å²) in [6.07, 6.45) is -1.29. The molecule has 1 amide bonds. The number of amides is 1. The van der Waals surface area contributed by atoms with Crippen molar-refractivity contribution in [1.82, 2.24) is 10.1 Å². The van der Waals surface area contributed by atoms with Crippen molar-refractivity contribution in [2.45, 2.75) is 37.9 Å². The highest BCUT2D eigenvalue weighted by atomic mass is 19.4. The van der Waals surface area contributed by atoms with Gasteiger partial charge in [0.15, 0.2) is 5.69 Å². The van der Waals surface area contributed by atoms with Crippen molar-refractivity contribution in [3.05, 3.63) is 17.5 Å². The van der Waals surface area contributed by atoms with E-state index in [0.717, 1.165) is 6.26 Å². The normalized spacial score (nSPS) is 22.1. The number of carbonyl (C=O) groups excluding carboxylic acids is 1. The number of hydrogen-bond acceptors (Lipinski definition) is 3. The molecule has 0 aromatic carbocycles. The molecule has 4 nitrogen and oxygen atoms in total. The Morgan fingerprint density at radius 2 is 2.17 bits per heavy atom. The van der Waals surface area contributed by atoms with Gasteiger partial charge in [-0.3, -0.25) is 4.79 Å². The Morgan fingerprint density at radius 3 is 2.83 bits per heavy atom. The summed E-state index contributed by atoms with van der Waals surface area (Å²) in [7, 11) is 1.52. The molecule has 0 bridgehead atoms. The van der Waals surface area contributed by atoms with Crippen LogP contribution in [0.1, 0.15) is 43.0 Å². The molecule has 7 heteroatoms. The second-order valence-electron chi connectivity index (χ2n) is 4.38. The fraction of sp³-hybridized carbons (Fsp3) is 0.636. The molecular formula is C11H13F3N2O2. The number of alkyl halides is 3. The second kappa shape index (κ2) is 4.62. The van der Waals surface area contributed by atoms with E-state index in [1.807, 2.05) is 0 Å². The van der Waals surface area contributed by atoms with E-state index in [4.69, 9.17) is 0 Å². The lowest BCUT2D eigenvalue weighted by atomic mass is 10.0. The van der Waals surface area contributed by atoms with E-state index in [2.05, 4.69) is 9.68 Å². The number of aromatic nitrogens is 1. The van der Waals surface area contributed by atoms with Crippen LogP contribution in [0.25, 0.3) is 0 Å². The summed E-state index contributed by atoms with van der Waals surface area (Å²) >= 11 is 0. The summed E-state index contributed by atoms with van der Waals surface area (Å²) in [6, 6.07) is -0.608. The average Bonchev–Trinajstić information content (AvgIpc) is 2.70. The molecule has 2 heterocycles. The van der Waals surface area contributed by atoms with E-state index in [-0.39, 0.29) is 11.5 Å². The minimum atomic E-state index is -4.56. The third kappa shape index (κ3) is 2.34. The monoisotopic (exact) mass is 262 g/mol. The Bertz CT molecular complexity index is 442. The number of likely N-dealkylation sites (tertiary alicyclic amines) is 1. The molecule has 1 aromatic heterocycles. The van der Waals surface area contributed by atoms with Crippen LogP contribution in [0.15, 0.2) is 10.8 Å². The first-order valence-corrected chi connectivity index (χ1v) is 5.68. The lowest BCUT2D eigenvalue weighted by Crippen LogP contribution is -2.30. The van der Waals surface area contributed by atoms with Crippen molar-refractivity contribution in [2.75, 3.05) is 7.05 Å². The van der Waals surface area contributed by atoms with E-state index >= 15 is 0 Å². The van der Waals surface area contributed by atoms with Crippen LogP contribution in [-0.4, -0.2) is 23.0 Å². The molecule has 1 unspecified atom stereocenters. The van der Waals surface area contributed by atoms with Gasteiger partial charge in [0.25, 0.3) is 0 Å². The number of hydrogen-bond donors (Lipinski definition) is 0. The van der Waals surface area contributed by atoms with Crippen molar-refractivity contribution in [3.8, 4) is 0 Å². The minimum absolute atomic E-state index is 0.0553. The first kappa shape index (κ1) is 12.9. The molecule has 18 heavy (non-hydrogen) atoms. The highest BCUT2D eigenvalue weighted by molar-refractivity contribution is 5.76. The molecule has 1 fully saturated rings. The van der Waals surface area contributed by atoms with Crippen LogP contribution >= 0.6 is 0 Å². The molecule has 0 radical (unpaired) electrons. The van der Waals surface area contributed by atoms with Crippen LogP contribution in [-0.2, 0) is 11.0 Å². The van der Waals surface area contributed by atoms with Crippen LogP contribution < -0.4 is 0 Å². The topological polar surface area (TPSA) is 46.3 Å². The van der Waals surface area contributed by atoms with Gasteiger partial charge in [-0.1, -0.05) is 11.6 Å². The number of halogens is 3. The standard InChI is InChI=1S/C11H13F3N2O2/c1-16-8(4-2-3-5-9(16)17)7-6-18-15-10(7)11(12,13)14/h6,8H,2-5H2,1H3. The summed E-state index contributed by atoms with van der Waals surface area (Å²) in [5.41, 5.74) is -1.09. The molecule has 100 valence electrons. The molecule has 0 aliphatic carbocycles. The number of nitrogens with zero attached hydrogens (tertiary/aromatic N) is 2. The van der Waals surface area contributed by atoms with E-state index < -0.39 is 17.9 Å².